The molecule has 0 unspecified atom stereocenters. The molecule has 2 aromatic carbocycles. The zero-order valence-electron chi connectivity index (χ0n) is 16.3. The van der Waals surface area contributed by atoms with Crippen LogP contribution in [-0.2, 0) is 10.0 Å². The van der Waals surface area contributed by atoms with Crippen LogP contribution in [0.25, 0.3) is 17.3 Å². The minimum absolute atomic E-state index is 0.0283. The van der Waals surface area contributed by atoms with E-state index in [0.717, 1.165) is 22.6 Å². The highest BCUT2D eigenvalue weighted by atomic mass is 32.2. The summed E-state index contributed by atoms with van der Waals surface area (Å²) in [5.74, 6) is -1.28. The van der Waals surface area contributed by atoms with Crippen LogP contribution >= 0.6 is 0 Å². The molecule has 0 spiro atoms. The predicted molar refractivity (Wildman–Crippen MR) is 111 cm³/mol. The maximum Gasteiger partial charge on any atom is 0.238 e. The predicted octanol–water partition coefficient (Wildman–Crippen LogP) is 2.17. The van der Waals surface area contributed by atoms with Crippen LogP contribution in [0.4, 0.5) is 0 Å². The van der Waals surface area contributed by atoms with Crippen LogP contribution in [0.3, 0.4) is 0 Å². The average Bonchev–Trinajstić information content (AvgIpc) is 2.98. The first kappa shape index (κ1) is 21.0. The molecule has 8 heteroatoms. The summed E-state index contributed by atoms with van der Waals surface area (Å²) in [6.45, 7) is 3.79. The molecule has 0 fully saturated rings. The number of hydrogen-bond donors (Lipinski definition) is 1. The topological polar surface area (TPSA) is 129 Å². The van der Waals surface area contributed by atoms with Gasteiger partial charge >= 0.3 is 0 Å². The van der Waals surface area contributed by atoms with Crippen LogP contribution in [0, 0.1) is 25.2 Å². The number of hydrogen-bond acceptors (Lipinski definition) is 5. The highest BCUT2D eigenvalue weighted by Crippen LogP contribution is 2.26. The van der Waals surface area contributed by atoms with E-state index < -0.39 is 16.0 Å². The maximum absolute atomic E-state index is 11.5. The second-order valence-corrected chi connectivity index (χ2v) is 8.30. The first-order valence-electron chi connectivity index (χ1n) is 8.87. The van der Waals surface area contributed by atoms with Gasteiger partial charge in [-0.1, -0.05) is 24.3 Å². The second-order valence-electron chi connectivity index (χ2n) is 6.74. The van der Waals surface area contributed by atoms with Gasteiger partial charge in [-0.2, -0.15) is 5.26 Å². The van der Waals surface area contributed by atoms with Crippen LogP contribution in [0.1, 0.15) is 32.9 Å². The molecule has 0 aliphatic heterocycles. The van der Waals surface area contributed by atoms with E-state index in [1.54, 1.807) is 30.3 Å². The summed E-state index contributed by atoms with van der Waals surface area (Å²) in [4.78, 5) is 10.9. The third-order valence-corrected chi connectivity index (χ3v) is 5.67. The minimum Gasteiger partial charge on any atom is -0.545 e. The first-order valence-corrected chi connectivity index (χ1v) is 10.4. The number of primary sulfonamides is 1. The Hall–Kier alpha value is -3.67. The molecule has 1 heterocycles. The minimum atomic E-state index is -3.77. The lowest BCUT2D eigenvalue weighted by atomic mass is 10.0. The number of benzene rings is 2. The molecule has 0 aliphatic rings. The van der Waals surface area contributed by atoms with Crippen molar-refractivity contribution in [3.63, 3.8) is 0 Å². The fraction of sp³-hybridized carbons (Fsp3) is 0.0909. The van der Waals surface area contributed by atoms with Crippen molar-refractivity contribution in [3.05, 3.63) is 82.7 Å². The molecule has 0 radical (unpaired) electrons. The van der Waals surface area contributed by atoms with E-state index in [-0.39, 0.29) is 10.5 Å². The molecular formula is C22H18N3O4S-. The molecule has 3 aromatic rings. The Kier molecular flexibility index (Phi) is 5.60. The summed E-state index contributed by atoms with van der Waals surface area (Å²) in [5, 5.41) is 25.6. The summed E-state index contributed by atoms with van der Waals surface area (Å²) in [6, 6.07) is 16.2. The first-order chi connectivity index (χ1) is 14.1. The molecule has 0 amide bonds. The summed E-state index contributed by atoms with van der Waals surface area (Å²) in [5.41, 5.74) is 4.32. The molecule has 0 saturated heterocycles. The number of carboxylic acids is 1. The lowest BCUT2D eigenvalue weighted by molar-refractivity contribution is -0.255. The fourth-order valence-corrected chi connectivity index (χ4v) is 3.75. The Labute approximate surface area is 174 Å². The molecule has 3 rings (SSSR count). The van der Waals surface area contributed by atoms with Crippen molar-refractivity contribution < 1.29 is 18.3 Å². The van der Waals surface area contributed by atoms with Gasteiger partial charge in [0.05, 0.1) is 22.5 Å². The van der Waals surface area contributed by atoms with Gasteiger partial charge in [-0.05, 0) is 66.9 Å². The number of allylic oxidation sites excluding steroid dienone is 1. The van der Waals surface area contributed by atoms with E-state index in [0.29, 0.717) is 11.1 Å². The van der Waals surface area contributed by atoms with Crippen LogP contribution in [0.5, 0.6) is 0 Å². The van der Waals surface area contributed by atoms with Crippen molar-refractivity contribution in [1.82, 2.24) is 4.57 Å². The normalized spacial score (nSPS) is 11.9. The average molecular weight is 420 g/mol. The van der Waals surface area contributed by atoms with E-state index in [1.807, 2.05) is 24.5 Å². The summed E-state index contributed by atoms with van der Waals surface area (Å²) in [7, 11) is -3.77. The molecule has 0 bridgehead atoms. The van der Waals surface area contributed by atoms with E-state index >= 15 is 0 Å². The van der Waals surface area contributed by atoms with Gasteiger partial charge in [0.1, 0.15) is 0 Å². The van der Waals surface area contributed by atoms with Crippen molar-refractivity contribution in [1.29, 1.82) is 5.26 Å². The lowest BCUT2D eigenvalue weighted by Gasteiger charge is -2.10. The SMILES string of the molecule is Cc1cc(/C=C(\C#N)c2ccc(C(=O)[O-])cc2)c(C)n1-c1ccc(S(N)(=O)=O)cc1. The van der Waals surface area contributed by atoms with Gasteiger partial charge in [0.2, 0.25) is 10.0 Å². The highest BCUT2D eigenvalue weighted by Gasteiger charge is 2.13. The van der Waals surface area contributed by atoms with Crippen molar-refractivity contribution in [2.45, 2.75) is 18.7 Å². The summed E-state index contributed by atoms with van der Waals surface area (Å²) >= 11 is 0. The Balaban J connectivity index is 2.02. The molecule has 0 atom stereocenters. The molecule has 152 valence electrons. The number of carboxylic acid groups (broad SMARTS) is 1. The Morgan fingerprint density at radius 3 is 2.13 bits per heavy atom. The number of carbonyl (C=O) groups is 1. The van der Waals surface area contributed by atoms with Gasteiger partial charge in [0, 0.05) is 17.1 Å². The van der Waals surface area contributed by atoms with Crippen molar-refractivity contribution in [2.75, 3.05) is 0 Å². The zero-order valence-corrected chi connectivity index (χ0v) is 17.1. The number of rotatable bonds is 5. The molecular weight excluding hydrogens is 402 g/mol. The number of nitrogens with zero attached hydrogens (tertiary/aromatic N) is 2. The summed E-state index contributed by atoms with van der Waals surface area (Å²) in [6.07, 6.45) is 1.73. The van der Waals surface area contributed by atoms with Crippen LogP contribution in [-0.4, -0.2) is 19.0 Å². The Bertz CT molecular complexity index is 1290. The fourth-order valence-electron chi connectivity index (χ4n) is 3.24. The number of aryl methyl sites for hydroxylation is 1. The van der Waals surface area contributed by atoms with Crippen LogP contribution in [0.2, 0.25) is 0 Å². The Morgan fingerprint density at radius 2 is 1.63 bits per heavy atom. The van der Waals surface area contributed by atoms with Crippen molar-refractivity contribution in [3.8, 4) is 11.8 Å². The van der Waals surface area contributed by atoms with Gasteiger partial charge in [0.15, 0.2) is 0 Å². The maximum atomic E-state index is 11.5. The number of aromatic carboxylic acids is 1. The standard InChI is InChI=1S/C22H19N3O4S/c1-14-11-18(12-19(13-23)16-3-5-17(6-4-16)22(26)27)15(2)25(14)20-7-9-21(10-8-20)30(24,28)29/h3-12H,1-2H3,(H,26,27)(H2,24,28,29)/p-1/b19-12+. The number of sulfonamides is 1. The zero-order chi connectivity index (χ0) is 22.1. The third-order valence-electron chi connectivity index (χ3n) is 4.75. The van der Waals surface area contributed by atoms with Gasteiger partial charge in [-0.3, -0.25) is 0 Å². The van der Waals surface area contributed by atoms with Gasteiger partial charge in [0.25, 0.3) is 0 Å². The second kappa shape index (κ2) is 7.99. The van der Waals surface area contributed by atoms with Crippen LogP contribution < -0.4 is 10.2 Å². The largest absolute Gasteiger partial charge is 0.545 e. The monoisotopic (exact) mass is 420 g/mol. The van der Waals surface area contributed by atoms with Gasteiger partial charge in [-0.15, -0.1) is 0 Å². The van der Waals surface area contributed by atoms with Crippen molar-refractivity contribution >= 4 is 27.6 Å². The number of carbonyl (C=O) groups excluding carboxylic acids is 1. The third kappa shape index (κ3) is 4.17. The molecule has 0 aliphatic carbocycles. The Morgan fingerprint density at radius 1 is 1.07 bits per heavy atom. The smallest absolute Gasteiger partial charge is 0.238 e. The van der Waals surface area contributed by atoms with Crippen molar-refractivity contribution in [2.24, 2.45) is 5.14 Å². The number of nitriles is 1. The van der Waals surface area contributed by atoms with Crippen LogP contribution in [0.15, 0.2) is 59.5 Å². The molecule has 1 aromatic heterocycles. The molecule has 2 N–H and O–H groups in total. The quantitative estimate of drug-likeness (QED) is 0.633. The molecule has 0 saturated carbocycles. The highest BCUT2D eigenvalue weighted by molar-refractivity contribution is 7.89. The number of aromatic nitrogens is 1. The lowest BCUT2D eigenvalue weighted by Crippen LogP contribution is -2.21. The van der Waals surface area contributed by atoms with Gasteiger partial charge < -0.3 is 14.5 Å². The molecule has 30 heavy (non-hydrogen) atoms. The van der Waals surface area contributed by atoms with E-state index in [9.17, 15) is 23.6 Å². The van der Waals surface area contributed by atoms with Gasteiger partial charge in [-0.25, -0.2) is 13.6 Å². The summed E-state index contributed by atoms with van der Waals surface area (Å²) < 4.78 is 24.9. The van der Waals surface area contributed by atoms with E-state index in [2.05, 4.69) is 6.07 Å². The van der Waals surface area contributed by atoms with E-state index in [4.69, 9.17) is 5.14 Å². The van der Waals surface area contributed by atoms with E-state index in [1.165, 1.54) is 24.3 Å². The number of nitrogens with two attached hydrogens (primary N) is 1. The molecule has 7 nitrogen and oxygen atoms in total.